The number of carbonyl (C=O) groups is 3. The van der Waals surface area contributed by atoms with E-state index in [1.54, 1.807) is 4.90 Å². The number of piperidine rings is 1. The average Bonchev–Trinajstić information content (AvgIpc) is 3.03. The number of hydrogen-bond donors (Lipinski definition) is 2. The number of nitrogens with zero attached hydrogens (tertiary/aromatic N) is 2. The predicted octanol–water partition coefficient (Wildman–Crippen LogP) is 3.78. The Morgan fingerprint density at radius 1 is 1.12 bits per heavy atom. The number of nitrogens with one attached hydrogen (secondary N) is 1. The summed E-state index contributed by atoms with van der Waals surface area (Å²) < 4.78 is 0. The van der Waals surface area contributed by atoms with Crippen LogP contribution >= 0.6 is 0 Å². The van der Waals surface area contributed by atoms with Crippen molar-refractivity contribution in [1.29, 1.82) is 0 Å². The van der Waals surface area contributed by atoms with Crippen LogP contribution in [0.4, 0.5) is 0 Å². The van der Waals surface area contributed by atoms with Gasteiger partial charge in [-0.15, -0.1) is 0 Å². The summed E-state index contributed by atoms with van der Waals surface area (Å²) in [6.07, 6.45) is 5.02. The zero-order chi connectivity index (χ0) is 25.1. The first-order valence-corrected chi connectivity index (χ1v) is 12.5. The van der Waals surface area contributed by atoms with Gasteiger partial charge in [-0.25, -0.2) is 0 Å². The summed E-state index contributed by atoms with van der Waals surface area (Å²) in [7, 11) is 1.94. The summed E-state index contributed by atoms with van der Waals surface area (Å²) in [5.74, 6) is -0.966. The molecule has 3 aliphatic rings. The van der Waals surface area contributed by atoms with E-state index in [2.05, 4.69) is 43.1 Å². The van der Waals surface area contributed by atoms with Crippen LogP contribution in [0.2, 0.25) is 0 Å². The molecule has 1 aromatic rings. The molecule has 7 nitrogen and oxygen atoms in total. The minimum absolute atomic E-state index is 0.0269. The van der Waals surface area contributed by atoms with E-state index in [1.165, 1.54) is 25.3 Å². The van der Waals surface area contributed by atoms with Crippen molar-refractivity contribution in [1.82, 2.24) is 15.1 Å². The zero-order valence-electron chi connectivity index (χ0n) is 21.4. The number of likely N-dealkylation sites (tertiary alicyclic amines) is 2. The van der Waals surface area contributed by atoms with Gasteiger partial charge < -0.3 is 20.2 Å². The van der Waals surface area contributed by atoms with Crippen molar-refractivity contribution >= 4 is 17.8 Å². The lowest BCUT2D eigenvalue weighted by atomic mass is 9.65. The highest BCUT2D eigenvalue weighted by molar-refractivity contribution is 5.94. The van der Waals surface area contributed by atoms with Crippen LogP contribution in [0, 0.1) is 16.7 Å². The minimum Gasteiger partial charge on any atom is -0.481 e. The molecule has 1 aromatic carbocycles. The smallest absolute Gasteiger partial charge is 0.308 e. The molecule has 0 aromatic heterocycles. The number of hydrogen-bond acceptors (Lipinski definition) is 4. The molecule has 1 aliphatic carbocycles. The SMILES string of the molecule is CC(=O)N1CCCC(C(=O)O)C1.CNCc1ccc(C(=O)N2CC3(C)CC2CC(C)(C)C3)cc1. The largest absolute Gasteiger partial charge is 0.481 e. The Bertz CT molecular complexity index is 878. The van der Waals surface area contributed by atoms with Crippen LogP contribution in [0.25, 0.3) is 0 Å². The van der Waals surface area contributed by atoms with E-state index in [-0.39, 0.29) is 17.7 Å². The van der Waals surface area contributed by atoms with Gasteiger partial charge in [0.1, 0.15) is 0 Å². The fraction of sp³-hybridized carbons (Fsp3) is 0.667. The standard InChI is InChI=1S/C19H28N2O.C8H13NO3/c1-18(2)9-16-10-19(3,12-18)13-21(16)17(22)15-7-5-14(6-8-15)11-20-4;1-6(10)9-4-2-3-7(5-9)8(11)12/h5-8,16,20H,9-13H2,1-4H3;7H,2-5H2,1H3,(H,11,12). The summed E-state index contributed by atoms with van der Waals surface area (Å²) in [6, 6.07) is 8.48. The van der Waals surface area contributed by atoms with Crippen LogP contribution in [-0.2, 0) is 16.1 Å². The van der Waals surface area contributed by atoms with E-state index in [0.717, 1.165) is 31.5 Å². The number of benzene rings is 1. The van der Waals surface area contributed by atoms with Gasteiger partial charge in [0.05, 0.1) is 5.92 Å². The van der Waals surface area contributed by atoms with E-state index in [1.807, 2.05) is 19.2 Å². The fourth-order valence-corrected chi connectivity index (χ4v) is 6.30. The molecule has 2 aliphatic heterocycles. The van der Waals surface area contributed by atoms with Crippen molar-refractivity contribution in [2.45, 2.75) is 72.4 Å². The Balaban J connectivity index is 0.000000229. The first-order chi connectivity index (χ1) is 15.9. The van der Waals surface area contributed by atoms with Crippen LogP contribution in [0.15, 0.2) is 24.3 Å². The van der Waals surface area contributed by atoms with E-state index in [0.29, 0.717) is 36.4 Å². The topological polar surface area (TPSA) is 90.0 Å². The molecule has 2 saturated heterocycles. The highest BCUT2D eigenvalue weighted by Crippen LogP contribution is 2.52. The van der Waals surface area contributed by atoms with Gasteiger partial charge >= 0.3 is 5.97 Å². The first kappa shape index (κ1) is 26.2. The van der Waals surface area contributed by atoms with Crippen molar-refractivity contribution < 1.29 is 19.5 Å². The van der Waals surface area contributed by atoms with Crippen LogP contribution in [0.3, 0.4) is 0 Å². The van der Waals surface area contributed by atoms with Gasteiger partial charge in [0.25, 0.3) is 5.91 Å². The minimum atomic E-state index is -0.791. The average molecular weight is 472 g/mol. The summed E-state index contributed by atoms with van der Waals surface area (Å²) in [5.41, 5.74) is 2.69. The Morgan fingerprint density at radius 3 is 2.38 bits per heavy atom. The molecule has 7 heteroatoms. The Hall–Kier alpha value is -2.41. The molecule has 4 rings (SSSR count). The number of fused-ring (bicyclic) bond motifs is 2. The lowest BCUT2D eigenvalue weighted by Gasteiger charge is -2.39. The second-order valence-corrected chi connectivity index (χ2v) is 11.5. The molecule has 0 spiro atoms. The monoisotopic (exact) mass is 471 g/mol. The number of aliphatic carboxylic acids is 1. The Kier molecular flexibility index (Phi) is 8.06. The molecule has 3 unspecified atom stereocenters. The Labute approximate surface area is 203 Å². The third-order valence-corrected chi connectivity index (χ3v) is 7.47. The van der Waals surface area contributed by atoms with Gasteiger partial charge in [-0.3, -0.25) is 14.4 Å². The molecule has 2 heterocycles. The summed E-state index contributed by atoms with van der Waals surface area (Å²) >= 11 is 0. The number of carbonyl (C=O) groups excluding carboxylic acids is 2. The molecule has 2 bridgehead atoms. The molecular weight excluding hydrogens is 430 g/mol. The van der Waals surface area contributed by atoms with Crippen molar-refractivity contribution in [3.63, 3.8) is 0 Å². The second-order valence-electron chi connectivity index (χ2n) is 11.5. The molecule has 34 heavy (non-hydrogen) atoms. The van der Waals surface area contributed by atoms with Crippen molar-refractivity contribution in [3.8, 4) is 0 Å². The third kappa shape index (κ3) is 6.38. The van der Waals surface area contributed by atoms with Crippen molar-refractivity contribution in [2.75, 3.05) is 26.7 Å². The lowest BCUT2D eigenvalue weighted by Crippen LogP contribution is -2.41. The van der Waals surface area contributed by atoms with Crippen LogP contribution < -0.4 is 5.32 Å². The van der Waals surface area contributed by atoms with Gasteiger partial charge in [-0.1, -0.05) is 32.9 Å². The van der Waals surface area contributed by atoms with Gasteiger partial charge in [-0.2, -0.15) is 0 Å². The molecule has 3 atom stereocenters. The van der Waals surface area contributed by atoms with E-state index in [4.69, 9.17) is 5.11 Å². The molecule has 188 valence electrons. The highest BCUT2D eigenvalue weighted by atomic mass is 16.4. The fourth-order valence-electron chi connectivity index (χ4n) is 6.30. The predicted molar refractivity (Wildman–Crippen MR) is 132 cm³/mol. The summed E-state index contributed by atoms with van der Waals surface area (Å²) in [4.78, 5) is 38.1. The molecular formula is C27H41N3O4. The van der Waals surface area contributed by atoms with E-state index < -0.39 is 5.97 Å². The number of rotatable bonds is 4. The van der Waals surface area contributed by atoms with Gasteiger partial charge in [-0.05, 0) is 67.7 Å². The number of amides is 2. The zero-order valence-corrected chi connectivity index (χ0v) is 21.4. The maximum absolute atomic E-state index is 12.9. The first-order valence-electron chi connectivity index (χ1n) is 12.5. The summed E-state index contributed by atoms with van der Waals surface area (Å²) in [6.45, 7) is 11.4. The number of carboxylic acids is 1. The van der Waals surface area contributed by atoms with Crippen molar-refractivity contribution in [3.05, 3.63) is 35.4 Å². The normalized spacial score (nSPS) is 27.6. The quantitative estimate of drug-likeness (QED) is 0.698. The van der Waals surface area contributed by atoms with Crippen LogP contribution in [-0.4, -0.2) is 65.4 Å². The van der Waals surface area contributed by atoms with Gasteiger partial charge in [0.2, 0.25) is 5.91 Å². The van der Waals surface area contributed by atoms with Crippen molar-refractivity contribution in [2.24, 2.45) is 16.7 Å². The second kappa shape index (κ2) is 10.5. The molecule has 0 radical (unpaired) electrons. The van der Waals surface area contributed by atoms with E-state index >= 15 is 0 Å². The molecule has 2 N–H and O–H groups in total. The van der Waals surface area contributed by atoms with E-state index in [9.17, 15) is 14.4 Å². The maximum atomic E-state index is 12.9. The highest BCUT2D eigenvalue weighted by Gasteiger charge is 2.51. The van der Waals surface area contributed by atoms with Crippen LogP contribution in [0.5, 0.6) is 0 Å². The molecule has 2 amide bonds. The molecule has 1 saturated carbocycles. The summed E-state index contributed by atoms with van der Waals surface area (Å²) in [5, 5.41) is 11.8. The third-order valence-electron chi connectivity index (χ3n) is 7.47. The maximum Gasteiger partial charge on any atom is 0.308 e. The lowest BCUT2D eigenvalue weighted by molar-refractivity contribution is -0.145. The number of carboxylic acid groups (broad SMARTS) is 1. The van der Waals surface area contributed by atoms with Gasteiger partial charge in [0.15, 0.2) is 0 Å². The Morgan fingerprint density at radius 2 is 1.79 bits per heavy atom. The van der Waals surface area contributed by atoms with Gasteiger partial charge in [0, 0.05) is 44.7 Å². The molecule has 3 fully saturated rings. The van der Waals surface area contributed by atoms with Crippen LogP contribution in [0.1, 0.15) is 75.7 Å².